The summed E-state index contributed by atoms with van der Waals surface area (Å²) in [5, 5.41) is 0. The normalized spacial score (nSPS) is 27.7. The third-order valence-corrected chi connectivity index (χ3v) is 4.51. The maximum Gasteiger partial charge on any atom is 0.231 e. The summed E-state index contributed by atoms with van der Waals surface area (Å²) in [7, 11) is 3.29. The largest absolute Gasteiger partial charge is 0.495 e. The Labute approximate surface area is 117 Å². The van der Waals surface area contributed by atoms with Crippen LogP contribution in [0.1, 0.15) is 19.3 Å². The minimum atomic E-state index is -0.157. The second-order valence-electron chi connectivity index (χ2n) is 5.67. The van der Waals surface area contributed by atoms with E-state index in [1.165, 1.54) is 0 Å². The summed E-state index contributed by atoms with van der Waals surface area (Å²) in [5.74, 6) is 1.71. The first-order valence-electron chi connectivity index (χ1n) is 6.90. The van der Waals surface area contributed by atoms with Crippen molar-refractivity contribution in [2.24, 2.45) is 17.8 Å². The number of aromatic nitrogens is 1. The Balaban J connectivity index is 1.75. The molecule has 106 valence electrons. The van der Waals surface area contributed by atoms with Crippen molar-refractivity contribution in [1.82, 2.24) is 4.98 Å². The Kier molecular flexibility index (Phi) is 3.20. The number of carbonyl (C=O) groups excluding carboxylic acids is 2. The summed E-state index contributed by atoms with van der Waals surface area (Å²) >= 11 is 0. The summed E-state index contributed by atoms with van der Waals surface area (Å²) in [4.78, 5) is 30.1. The minimum Gasteiger partial charge on any atom is -0.495 e. The van der Waals surface area contributed by atoms with Crippen molar-refractivity contribution >= 4 is 17.5 Å². The van der Waals surface area contributed by atoms with Gasteiger partial charge in [0.05, 0.1) is 13.3 Å². The molecule has 5 heteroatoms. The Morgan fingerprint density at radius 2 is 2.20 bits per heavy atom. The van der Waals surface area contributed by atoms with Gasteiger partial charge >= 0.3 is 0 Å². The van der Waals surface area contributed by atoms with Crippen LogP contribution in [0.25, 0.3) is 0 Å². The zero-order valence-electron chi connectivity index (χ0n) is 11.7. The molecule has 0 N–H and O–H groups in total. The smallest absolute Gasteiger partial charge is 0.231 e. The maximum atomic E-state index is 12.5. The molecule has 1 unspecified atom stereocenters. The van der Waals surface area contributed by atoms with E-state index in [9.17, 15) is 9.59 Å². The number of ketones is 1. The van der Waals surface area contributed by atoms with E-state index in [0.717, 1.165) is 12.8 Å². The van der Waals surface area contributed by atoms with Gasteiger partial charge in [0.25, 0.3) is 0 Å². The fourth-order valence-corrected chi connectivity index (χ4v) is 3.43. The zero-order chi connectivity index (χ0) is 14.3. The van der Waals surface area contributed by atoms with Gasteiger partial charge in [-0.05, 0) is 30.9 Å². The number of pyridine rings is 1. The van der Waals surface area contributed by atoms with Crippen LogP contribution in [0.5, 0.6) is 5.75 Å². The number of nitrogens with zero attached hydrogens (tertiary/aromatic N) is 2. The van der Waals surface area contributed by atoms with E-state index < -0.39 is 0 Å². The van der Waals surface area contributed by atoms with E-state index in [1.54, 1.807) is 37.4 Å². The fraction of sp³-hybridized carbons (Fsp3) is 0.533. The van der Waals surface area contributed by atoms with Crippen LogP contribution >= 0.6 is 0 Å². The first kappa shape index (κ1) is 13.1. The molecule has 2 fully saturated rings. The van der Waals surface area contributed by atoms with Gasteiger partial charge in [0.15, 0.2) is 0 Å². The van der Waals surface area contributed by atoms with E-state index in [2.05, 4.69) is 4.98 Å². The average Bonchev–Trinajstić information content (AvgIpc) is 3.05. The van der Waals surface area contributed by atoms with Gasteiger partial charge in [0, 0.05) is 25.3 Å². The molecule has 0 saturated heterocycles. The van der Waals surface area contributed by atoms with Crippen LogP contribution in [-0.2, 0) is 9.59 Å². The number of ether oxygens (including phenoxy) is 1. The topological polar surface area (TPSA) is 59.5 Å². The number of fused-ring (bicyclic) bond motifs is 2. The molecule has 0 radical (unpaired) electrons. The molecule has 0 spiro atoms. The number of amides is 1. The lowest BCUT2D eigenvalue weighted by Gasteiger charge is -2.25. The van der Waals surface area contributed by atoms with E-state index >= 15 is 0 Å². The lowest BCUT2D eigenvalue weighted by molar-refractivity contribution is -0.131. The highest BCUT2D eigenvalue weighted by atomic mass is 16.5. The summed E-state index contributed by atoms with van der Waals surface area (Å²) < 4.78 is 5.05. The number of carbonyl (C=O) groups is 2. The first-order valence-corrected chi connectivity index (χ1v) is 6.90. The number of anilines is 1. The SMILES string of the molecule is COc1ccc(N(C)C(=O)C2C[C@H]3CC(=O)[C@@H]2C3)nc1. The van der Waals surface area contributed by atoms with Crippen molar-refractivity contribution in [1.29, 1.82) is 0 Å². The van der Waals surface area contributed by atoms with Crippen LogP contribution in [0.4, 0.5) is 5.82 Å². The molecule has 5 nitrogen and oxygen atoms in total. The summed E-state index contributed by atoms with van der Waals surface area (Å²) in [6.07, 6.45) is 3.98. The molecule has 0 aliphatic heterocycles. The molecule has 2 aliphatic rings. The van der Waals surface area contributed by atoms with E-state index in [-0.39, 0.29) is 23.5 Å². The molecular weight excluding hydrogens is 256 g/mol. The fourth-order valence-electron chi connectivity index (χ4n) is 3.43. The molecule has 2 bridgehead atoms. The van der Waals surface area contributed by atoms with Crippen molar-refractivity contribution in [3.05, 3.63) is 18.3 Å². The Morgan fingerprint density at radius 3 is 2.75 bits per heavy atom. The van der Waals surface area contributed by atoms with Crippen LogP contribution in [0.15, 0.2) is 18.3 Å². The van der Waals surface area contributed by atoms with Gasteiger partial charge in [-0.2, -0.15) is 0 Å². The standard InChI is InChI=1S/C15H18N2O3/c1-17(14-4-3-10(20-2)8-16-14)15(19)12-6-9-5-11(12)13(18)7-9/h3-4,8-9,11-12H,5-7H2,1-2H3/t9-,11+,12?/m0/s1. The molecule has 0 aromatic carbocycles. The molecule has 1 aromatic heterocycles. The van der Waals surface area contributed by atoms with Gasteiger partial charge in [-0.15, -0.1) is 0 Å². The molecule has 1 heterocycles. The van der Waals surface area contributed by atoms with E-state index in [1.807, 2.05) is 0 Å². The highest BCUT2D eigenvalue weighted by Gasteiger charge is 2.49. The van der Waals surface area contributed by atoms with Crippen molar-refractivity contribution < 1.29 is 14.3 Å². The molecule has 2 aliphatic carbocycles. The second-order valence-corrected chi connectivity index (χ2v) is 5.67. The number of methoxy groups -OCH3 is 1. The van der Waals surface area contributed by atoms with Gasteiger partial charge in [-0.1, -0.05) is 0 Å². The predicted molar refractivity (Wildman–Crippen MR) is 73.5 cm³/mol. The number of rotatable bonds is 3. The summed E-state index contributed by atoms with van der Waals surface area (Å²) in [5.41, 5.74) is 0. The molecule has 20 heavy (non-hydrogen) atoms. The van der Waals surface area contributed by atoms with Crippen LogP contribution in [0.2, 0.25) is 0 Å². The highest BCUT2D eigenvalue weighted by molar-refractivity contribution is 5.99. The van der Waals surface area contributed by atoms with Gasteiger partial charge in [0.1, 0.15) is 17.4 Å². The lowest BCUT2D eigenvalue weighted by Crippen LogP contribution is -2.38. The second kappa shape index (κ2) is 4.89. The number of hydrogen-bond donors (Lipinski definition) is 0. The highest BCUT2D eigenvalue weighted by Crippen LogP contribution is 2.46. The lowest BCUT2D eigenvalue weighted by atomic mass is 9.87. The van der Waals surface area contributed by atoms with E-state index in [4.69, 9.17) is 4.74 Å². The summed E-state index contributed by atoms with van der Waals surface area (Å²) in [6, 6.07) is 3.53. The van der Waals surface area contributed by atoms with Gasteiger partial charge in [-0.25, -0.2) is 4.98 Å². The molecule has 1 amide bonds. The first-order chi connectivity index (χ1) is 9.60. The Morgan fingerprint density at radius 1 is 1.40 bits per heavy atom. The van der Waals surface area contributed by atoms with Crippen molar-refractivity contribution in [2.75, 3.05) is 19.1 Å². The Hall–Kier alpha value is -1.91. The average molecular weight is 274 g/mol. The minimum absolute atomic E-state index is 0.00298. The molecular formula is C15H18N2O3. The van der Waals surface area contributed by atoms with Gasteiger partial charge in [-0.3, -0.25) is 14.5 Å². The maximum absolute atomic E-state index is 12.5. The summed E-state index contributed by atoms with van der Waals surface area (Å²) in [6.45, 7) is 0. The molecule has 3 atom stereocenters. The van der Waals surface area contributed by atoms with Crippen LogP contribution in [0.3, 0.4) is 0 Å². The van der Waals surface area contributed by atoms with Gasteiger partial charge in [0.2, 0.25) is 5.91 Å². The molecule has 2 saturated carbocycles. The molecule has 3 rings (SSSR count). The van der Waals surface area contributed by atoms with Crippen LogP contribution < -0.4 is 9.64 Å². The zero-order valence-corrected chi connectivity index (χ0v) is 11.7. The van der Waals surface area contributed by atoms with Crippen molar-refractivity contribution in [3.63, 3.8) is 0 Å². The van der Waals surface area contributed by atoms with Gasteiger partial charge < -0.3 is 4.74 Å². The monoisotopic (exact) mass is 274 g/mol. The number of Topliss-reactive ketones (excluding diaryl/α,β-unsaturated/α-hetero) is 1. The number of hydrogen-bond acceptors (Lipinski definition) is 4. The van der Waals surface area contributed by atoms with E-state index in [0.29, 0.717) is 23.9 Å². The van der Waals surface area contributed by atoms with Crippen molar-refractivity contribution in [2.45, 2.75) is 19.3 Å². The van der Waals surface area contributed by atoms with Crippen molar-refractivity contribution in [3.8, 4) is 5.75 Å². The van der Waals surface area contributed by atoms with Crippen LogP contribution in [-0.4, -0.2) is 30.8 Å². The third-order valence-electron chi connectivity index (χ3n) is 4.51. The quantitative estimate of drug-likeness (QED) is 0.841. The Bertz CT molecular complexity index is 541. The van der Waals surface area contributed by atoms with Crippen LogP contribution in [0, 0.1) is 17.8 Å². The third kappa shape index (κ3) is 2.07. The molecule has 1 aromatic rings. The predicted octanol–water partition coefficient (Wildman–Crippen LogP) is 1.67.